The van der Waals surface area contributed by atoms with Gasteiger partial charge in [0.1, 0.15) is 18.1 Å². The molecular formula is C23H21NO5. The highest BCUT2D eigenvalue weighted by Gasteiger charge is 2.16. The Morgan fingerprint density at radius 1 is 1.03 bits per heavy atom. The van der Waals surface area contributed by atoms with Gasteiger partial charge in [-0.25, -0.2) is 0 Å². The third-order valence-corrected chi connectivity index (χ3v) is 4.56. The van der Waals surface area contributed by atoms with Gasteiger partial charge < -0.3 is 24.3 Å². The van der Waals surface area contributed by atoms with Crippen LogP contribution in [0.2, 0.25) is 0 Å². The van der Waals surface area contributed by atoms with Crippen LogP contribution in [-0.2, 0) is 6.61 Å². The summed E-state index contributed by atoms with van der Waals surface area (Å²) in [6.45, 7) is 2.49. The molecule has 6 nitrogen and oxygen atoms in total. The van der Waals surface area contributed by atoms with Crippen molar-refractivity contribution in [1.29, 1.82) is 0 Å². The van der Waals surface area contributed by atoms with Crippen molar-refractivity contribution in [3.8, 4) is 23.0 Å². The highest BCUT2D eigenvalue weighted by Crippen LogP contribution is 2.34. The van der Waals surface area contributed by atoms with Crippen LogP contribution in [0.3, 0.4) is 0 Å². The monoisotopic (exact) mass is 391 g/mol. The van der Waals surface area contributed by atoms with E-state index in [4.69, 9.17) is 18.9 Å². The summed E-state index contributed by atoms with van der Waals surface area (Å²) in [6.07, 6.45) is 0. The lowest BCUT2D eigenvalue weighted by atomic mass is 10.1. The molecule has 3 aromatic rings. The Bertz CT molecular complexity index is 1050. The summed E-state index contributed by atoms with van der Waals surface area (Å²) in [7, 11) is 1.60. The Balaban J connectivity index is 1.50. The fourth-order valence-corrected chi connectivity index (χ4v) is 3.08. The Morgan fingerprint density at radius 2 is 1.90 bits per heavy atom. The second kappa shape index (κ2) is 8.14. The number of hydrogen-bond acceptors (Lipinski definition) is 5. The number of hydrogen-bond donors (Lipinski definition) is 1. The SMILES string of the molecule is COc1ccc(C(=O)Nc2ccc3c(c2)OCO3)cc1COc1cccc(C)c1. The molecule has 0 bridgehead atoms. The zero-order valence-corrected chi connectivity index (χ0v) is 16.2. The van der Waals surface area contributed by atoms with Crippen molar-refractivity contribution in [3.63, 3.8) is 0 Å². The van der Waals surface area contributed by atoms with E-state index < -0.39 is 0 Å². The van der Waals surface area contributed by atoms with E-state index in [-0.39, 0.29) is 19.3 Å². The van der Waals surface area contributed by atoms with Crippen molar-refractivity contribution in [2.24, 2.45) is 0 Å². The first-order chi connectivity index (χ1) is 14.1. The summed E-state index contributed by atoms with van der Waals surface area (Å²) in [5.74, 6) is 2.48. The number of aryl methyl sites for hydroxylation is 1. The van der Waals surface area contributed by atoms with Crippen LogP contribution in [0, 0.1) is 6.92 Å². The summed E-state index contributed by atoms with van der Waals surface area (Å²) in [5, 5.41) is 2.88. The first-order valence-electron chi connectivity index (χ1n) is 9.20. The van der Waals surface area contributed by atoms with Gasteiger partial charge >= 0.3 is 0 Å². The second-order valence-electron chi connectivity index (χ2n) is 6.65. The molecule has 148 valence electrons. The van der Waals surface area contributed by atoms with Gasteiger partial charge in [0.15, 0.2) is 11.5 Å². The molecule has 0 aliphatic carbocycles. The first kappa shape index (κ1) is 18.7. The molecule has 1 aliphatic rings. The highest BCUT2D eigenvalue weighted by molar-refractivity contribution is 6.04. The fraction of sp³-hybridized carbons (Fsp3) is 0.174. The molecular weight excluding hydrogens is 370 g/mol. The zero-order chi connectivity index (χ0) is 20.2. The van der Waals surface area contributed by atoms with Crippen LogP contribution in [0.25, 0.3) is 0 Å². The number of amides is 1. The molecule has 0 radical (unpaired) electrons. The molecule has 29 heavy (non-hydrogen) atoms. The predicted octanol–water partition coefficient (Wildman–Crippen LogP) is 4.56. The van der Waals surface area contributed by atoms with Gasteiger partial charge in [-0.3, -0.25) is 4.79 Å². The summed E-state index contributed by atoms with van der Waals surface area (Å²) >= 11 is 0. The lowest BCUT2D eigenvalue weighted by molar-refractivity contribution is 0.102. The third kappa shape index (κ3) is 4.27. The fourth-order valence-electron chi connectivity index (χ4n) is 3.08. The number of anilines is 1. The molecule has 0 unspecified atom stereocenters. The normalized spacial score (nSPS) is 11.8. The van der Waals surface area contributed by atoms with E-state index in [2.05, 4.69) is 5.32 Å². The van der Waals surface area contributed by atoms with E-state index in [1.165, 1.54) is 0 Å². The van der Waals surface area contributed by atoms with Gasteiger partial charge in [0.25, 0.3) is 5.91 Å². The summed E-state index contributed by atoms with van der Waals surface area (Å²) in [4.78, 5) is 12.7. The molecule has 0 atom stereocenters. The van der Waals surface area contributed by atoms with E-state index >= 15 is 0 Å². The minimum Gasteiger partial charge on any atom is -0.496 e. The number of benzene rings is 3. The topological polar surface area (TPSA) is 66.0 Å². The van der Waals surface area contributed by atoms with Gasteiger partial charge in [0.2, 0.25) is 6.79 Å². The van der Waals surface area contributed by atoms with Crippen LogP contribution in [0.4, 0.5) is 5.69 Å². The maximum Gasteiger partial charge on any atom is 0.255 e. The summed E-state index contributed by atoms with van der Waals surface area (Å²) < 4.78 is 21.9. The molecule has 4 rings (SSSR count). The first-order valence-corrected chi connectivity index (χ1v) is 9.20. The Morgan fingerprint density at radius 3 is 2.72 bits per heavy atom. The van der Waals surface area contributed by atoms with Crippen LogP contribution < -0.4 is 24.3 Å². The van der Waals surface area contributed by atoms with Crippen molar-refractivity contribution in [3.05, 3.63) is 77.4 Å². The number of rotatable bonds is 6. The van der Waals surface area contributed by atoms with Crippen molar-refractivity contribution in [1.82, 2.24) is 0 Å². The molecule has 3 aromatic carbocycles. The number of ether oxygens (including phenoxy) is 4. The highest BCUT2D eigenvalue weighted by atomic mass is 16.7. The zero-order valence-electron chi connectivity index (χ0n) is 16.2. The van der Waals surface area contributed by atoms with Crippen LogP contribution in [0.15, 0.2) is 60.7 Å². The van der Waals surface area contributed by atoms with Crippen molar-refractivity contribution >= 4 is 11.6 Å². The van der Waals surface area contributed by atoms with E-state index in [0.29, 0.717) is 28.5 Å². The predicted molar refractivity (Wildman–Crippen MR) is 109 cm³/mol. The van der Waals surface area contributed by atoms with Crippen LogP contribution in [0.5, 0.6) is 23.0 Å². The maximum atomic E-state index is 12.7. The van der Waals surface area contributed by atoms with E-state index in [1.54, 1.807) is 43.5 Å². The van der Waals surface area contributed by atoms with Gasteiger partial charge in [-0.1, -0.05) is 12.1 Å². The molecule has 1 heterocycles. The third-order valence-electron chi connectivity index (χ3n) is 4.56. The van der Waals surface area contributed by atoms with E-state index in [1.807, 2.05) is 31.2 Å². The quantitative estimate of drug-likeness (QED) is 0.667. The number of methoxy groups -OCH3 is 1. The van der Waals surface area contributed by atoms with Crippen LogP contribution in [-0.4, -0.2) is 19.8 Å². The maximum absolute atomic E-state index is 12.7. The molecule has 1 N–H and O–H groups in total. The second-order valence-corrected chi connectivity index (χ2v) is 6.65. The molecule has 0 spiro atoms. The lowest BCUT2D eigenvalue weighted by Gasteiger charge is -2.13. The Kier molecular flexibility index (Phi) is 5.24. The molecule has 1 aliphatic heterocycles. The lowest BCUT2D eigenvalue weighted by Crippen LogP contribution is -2.12. The van der Waals surface area contributed by atoms with E-state index in [0.717, 1.165) is 16.9 Å². The Hall–Kier alpha value is -3.67. The minimum atomic E-state index is -0.233. The largest absolute Gasteiger partial charge is 0.496 e. The molecule has 6 heteroatoms. The van der Waals surface area contributed by atoms with E-state index in [9.17, 15) is 4.79 Å². The smallest absolute Gasteiger partial charge is 0.255 e. The summed E-state index contributed by atoms with van der Waals surface area (Å²) in [6, 6.07) is 18.4. The average Bonchev–Trinajstić information content (AvgIpc) is 3.20. The van der Waals surface area contributed by atoms with Crippen molar-refractivity contribution < 1.29 is 23.7 Å². The van der Waals surface area contributed by atoms with Gasteiger partial charge in [-0.15, -0.1) is 0 Å². The van der Waals surface area contributed by atoms with Gasteiger partial charge in [0.05, 0.1) is 7.11 Å². The molecule has 1 amide bonds. The molecule has 0 fully saturated rings. The summed E-state index contributed by atoms with van der Waals surface area (Å²) in [5.41, 5.74) is 3.04. The molecule has 0 saturated carbocycles. The van der Waals surface area contributed by atoms with Crippen LogP contribution >= 0.6 is 0 Å². The van der Waals surface area contributed by atoms with Gasteiger partial charge in [-0.2, -0.15) is 0 Å². The minimum absolute atomic E-state index is 0.190. The van der Waals surface area contributed by atoms with Crippen molar-refractivity contribution in [2.45, 2.75) is 13.5 Å². The number of carbonyl (C=O) groups is 1. The number of carbonyl (C=O) groups excluding carboxylic acids is 1. The Labute approximate surface area is 169 Å². The van der Waals surface area contributed by atoms with Crippen molar-refractivity contribution in [2.75, 3.05) is 19.2 Å². The number of nitrogens with one attached hydrogen (secondary N) is 1. The molecule has 0 saturated heterocycles. The standard InChI is InChI=1S/C23H21NO5/c1-15-4-3-5-19(10-15)27-13-17-11-16(6-8-20(17)26-2)23(25)24-18-7-9-21-22(12-18)29-14-28-21/h3-12H,13-14H2,1-2H3,(H,24,25). The van der Waals surface area contributed by atoms with Gasteiger partial charge in [0, 0.05) is 22.9 Å². The average molecular weight is 391 g/mol. The van der Waals surface area contributed by atoms with Crippen LogP contribution in [0.1, 0.15) is 21.5 Å². The molecule has 0 aromatic heterocycles. The van der Waals surface area contributed by atoms with Gasteiger partial charge in [-0.05, 0) is 55.0 Å². The number of fused-ring (bicyclic) bond motifs is 1.